The van der Waals surface area contributed by atoms with Crippen LogP contribution in [-0.2, 0) is 0 Å². The molecule has 26 heavy (non-hydrogen) atoms. The topological polar surface area (TPSA) is 68.5 Å². The lowest BCUT2D eigenvalue weighted by molar-refractivity contribution is 0.102. The molecule has 0 aliphatic heterocycles. The Morgan fingerprint density at radius 1 is 1.19 bits per heavy atom. The van der Waals surface area contributed by atoms with E-state index in [9.17, 15) is 4.79 Å². The zero-order chi connectivity index (χ0) is 17.9. The molecule has 4 rings (SSSR count). The van der Waals surface area contributed by atoms with Crippen molar-refractivity contribution in [1.82, 2.24) is 14.6 Å². The third-order valence-electron chi connectivity index (χ3n) is 3.78. The zero-order valence-corrected chi connectivity index (χ0v) is 14.9. The van der Waals surface area contributed by atoms with Gasteiger partial charge >= 0.3 is 0 Å². The highest BCUT2D eigenvalue weighted by Crippen LogP contribution is 2.25. The molecule has 0 saturated carbocycles. The Kier molecular flexibility index (Phi) is 4.37. The molecule has 2 aromatic carbocycles. The van der Waals surface area contributed by atoms with Crippen LogP contribution in [0, 0.1) is 0 Å². The SMILES string of the molecule is CCOc1cccc(C(=O)Nc2nc3scc(-c4ccccc4)n3n2)c1. The Labute approximate surface area is 154 Å². The van der Waals surface area contributed by atoms with Gasteiger partial charge in [-0.2, -0.15) is 4.98 Å². The van der Waals surface area contributed by atoms with E-state index in [0.29, 0.717) is 17.9 Å². The summed E-state index contributed by atoms with van der Waals surface area (Å²) in [6.45, 7) is 2.45. The fourth-order valence-electron chi connectivity index (χ4n) is 2.61. The van der Waals surface area contributed by atoms with Crippen LogP contribution in [0.25, 0.3) is 16.2 Å². The predicted molar refractivity (Wildman–Crippen MR) is 102 cm³/mol. The minimum atomic E-state index is -0.272. The number of ether oxygens (including phenoxy) is 1. The van der Waals surface area contributed by atoms with Crippen molar-refractivity contribution in [3.05, 3.63) is 65.5 Å². The van der Waals surface area contributed by atoms with Gasteiger partial charge in [0.25, 0.3) is 11.9 Å². The van der Waals surface area contributed by atoms with Crippen LogP contribution in [0.4, 0.5) is 5.95 Å². The normalized spacial score (nSPS) is 10.8. The third kappa shape index (κ3) is 3.16. The van der Waals surface area contributed by atoms with Crippen LogP contribution >= 0.6 is 11.3 Å². The molecule has 0 aliphatic carbocycles. The number of carbonyl (C=O) groups excluding carboxylic acids is 1. The number of rotatable bonds is 5. The number of thiazole rings is 1. The van der Waals surface area contributed by atoms with Crippen molar-refractivity contribution in [3.63, 3.8) is 0 Å². The number of benzene rings is 2. The molecule has 0 unspecified atom stereocenters. The molecular formula is C19H16N4O2S. The fraction of sp³-hybridized carbons (Fsp3) is 0.105. The highest BCUT2D eigenvalue weighted by Gasteiger charge is 2.14. The first kappa shape index (κ1) is 16.3. The van der Waals surface area contributed by atoms with Gasteiger partial charge in [0.2, 0.25) is 4.96 Å². The molecule has 2 heterocycles. The van der Waals surface area contributed by atoms with Gasteiger partial charge < -0.3 is 4.74 Å². The predicted octanol–water partition coefficient (Wildman–Crippen LogP) is 4.11. The molecule has 0 atom stereocenters. The molecule has 7 heteroatoms. The van der Waals surface area contributed by atoms with Gasteiger partial charge in [0.15, 0.2) is 0 Å². The summed E-state index contributed by atoms with van der Waals surface area (Å²) < 4.78 is 7.18. The van der Waals surface area contributed by atoms with E-state index in [0.717, 1.165) is 16.2 Å². The summed E-state index contributed by atoms with van der Waals surface area (Å²) >= 11 is 1.48. The fourth-order valence-corrected chi connectivity index (χ4v) is 3.44. The summed E-state index contributed by atoms with van der Waals surface area (Å²) in [6, 6.07) is 17.0. The molecule has 0 radical (unpaired) electrons. The Morgan fingerprint density at radius 2 is 2.04 bits per heavy atom. The van der Waals surface area contributed by atoms with Crippen molar-refractivity contribution in [2.24, 2.45) is 0 Å². The quantitative estimate of drug-likeness (QED) is 0.579. The summed E-state index contributed by atoms with van der Waals surface area (Å²) in [5, 5.41) is 9.18. The average Bonchev–Trinajstić information content (AvgIpc) is 3.23. The zero-order valence-electron chi connectivity index (χ0n) is 14.0. The number of aromatic nitrogens is 3. The number of carbonyl (C=O) groups is 1. The van der Waals surface area contributed by atoms with Crippen LogP contribution in [0.5, 0.6) is 5.75 Å². The van der Waals surface area contributed by atoms with Crippen LogP contribution in [0.3, 0.4) is 0 Å². The number of nitrogens with one attached hydrogen (secondary N) is 1. The Hall–Kier alpha value is -3.19. The van der Waals surface area contributed by atoms with E-state index in [2.05, 4.69) is 15.4 Å². The summed E-state index contributed by atoms with van der Waals surface area (Å²) in [7, 11) is 0. The van der Waals surface area contributed by atoms with E-state index in [4.69, 9.17) is 4.74 Å². The number of hydrogen-bond acceptors (Lipinski definition) is 5. The molecule has 4 aromatic rings. The summed E-state index contributed by atoms with van der Waals surface area (Å²) in [5.74, 6) is 0.664. The lowest BCUT2D eigenvalue weighted by Crippen LogP contribution is -2.13. The highest BCUT2D eigenvalue weighted by atomic mass is 32.1. The van der Waals surface area contributed by atoms with E-state index in [-0.39, 0.29) is 11.9 Å². The van der Waals surface area contributed by atoms with Crippen molar-refractivity contribution in [1.29, 1.82) is 0 Å². The molecular weight excluding hydrogens is 348 g/mol. The minimum absolute atomic E-state index is 0.272. The molecule has 130 valence electrons. The van der Waals surface area contributed by atoms with E-state index in [1.54, 1.807) is 22.7 Å². The maximum Gasteiger partial charge on any atom is 0.258 e. The summed E-state index contributed by atoms with van der Waals surface area (Å²) in [6.07, 6.45) is 0. The maximum absolute atomic E-state index is 12.5. The summed E-state index contributed by atoms with van der Waals surface area (Å²) in [5.41, 5.74) is 2.49. The van der Waals surface area contributed by atoms with Crippen LogP contribution in [0.1, 0.15) is 17.3 Å². The van der Waals surface area contributed by atoms with Gasteiger partial charge in [0.1, 0.15) is 5.75 Å². The van der Waals surface area contributed by atoms with Crippen LogP contribution in [-0.4, -0.2) is 27.1 Å². The van der Waals surface area contributed by atoms with E-state index in [1.165, 1.54) is 11.3 Å². The second kappa shape index (κ2) is 6.97. The summed E-state index contributed by atoms with van der Waals surface area (Å²) in [4.78, 5) is 17.6. The van der Waals surface area contributed by atoms with Crippen molar-refractivity contribution < 1.29 is 9.53 Å². The van der Waals surface area contributed by atoms with Gasteiger partial charge in [-0.05, 0) is 25.1 Å². The molecule has 0 saturated heterocycles. The smallest absolute Gasteiger partial charge is 0.258 e. The standard InChI is InChI=1S/C19H16N4O2S/c1-2-25-15-10-6-9-14(11-15)17(24)20-18-21-19-23(22-18)16(12-26-19)13-7-4-3-5-8-13/h3-12H,2H2,1H3,(H,20,22,24). The van der Waals surface area contributed by atoms with Crippen molar-refractivity contribution >= 4 is 28.2 Å². The number of fused-ring (bicyclic) bond motifs is 1. The van der Waals surface area contributed by atoms with E-state index in [1.807, 2.05) is 48.7 Å². The first-order chi connectivity index (χ1) is 12.7. The first-order valence-electron chi connectivity index (χ1n) is 8.18. The lowest BCUT2D eigenvalue weighted by atomic mass is 10.2. The minimum Gasteiger partial charge on any atom is -0.494 e. The van der Waals surface area contributed by atoms with Crippen LogP contribution in [0.15, 0.2) is 60.0 Å². The van der Waals surface area contributed by atoms with Gasteiger partial charge in [0.05, 0.1) is 12.3 Å². The van der Waals surface area contributed by atoms with Gasteiger partial charge in [-0.25, -0.2) is 4.52 Å². The van der Waals surface area contributed by atoms with Gasteiger partial charge in [-0.1, -0.05) is 36.4 Å². The molecule has 0 aliphatic rings. The largest absolute Gasteiger partial charge is 0.494 e. The average molecular weight is 364 g/mol. The Balaban J connectivity index is 1.59. The highest BCUT2D eigenvalue weighted by molar-refractivity contribution is 7.15. The molecule has 1 N–H and O–H groups in total. The Bertz CT molecular complexity index is 1060. The van der Waals surface area contributed by atoms with Crippen molar-refractivity contribution in [2.75, 3.05) is 11.9 Å². The van der Waals surface area contributed by atoms with Crippen LogP contribution in [0.2, 0.25) is 0 Å². The molecule has 0 fully saturated rings. The number of nitrogens with zero attached hydrogens (tertiary/aromatic N) is 3. The first-order valence-corrected chi connectivity index (χ1v) is 9.06. The molecule has 2 aromatic heterocycles. The monoisotopic (exact) mass is 364 g/mol. The second-order valence-corrected chi connectivity index (χ2v) is 6.37. The van der Waals surface area contributed by atoms with Gasteiger partial charge in [-0.15, -0.1) is 16.4 Å². The van der Waals surface area contributed by atoms with Gasteiger partial charge in [0, 0.05) is 16.5 Å². The molecule has 0 bridgehead atoms. The second-order valence-electron chi connectivity index (χ2n) is 5.53. The van der Waals surface area contributed by atoms with E-state index >= 15 is 0 Å². The molecule has 6 nitrogen and oxygen atoms in total. The number of hydrogen-bond donors (Lipinski definition) is 1. The van der Waals surface area contributed by atoms with Crippen molar-refractivity contribution in [2.45, 2.75) is 6.92 Å². The van der Waals surface area contributed by atoms with E-state index < -0.39 is 0 Å². The number of amides is 1. The van der Waals surface area contributed by atoms with Crippen LogP contribution < -0.4 is 10.1 Å². The lowest BCUT2D eigenvalue weighted by Gasteiger charge is -2.05. The molecule has 0 spiro atoms. The molecule has 1 amide bonds. The van der Waals surface area contributed by atoms with Gasteiger partial charge in [-0.3, -0.25) is 10.1 Å². The third-order valence-corrected chi connectivity index (χ3v) is 4.60. The Morgan fingerprint density at radius 3 is 2.85 bits per heavy atom. The number of anilines is 1. The maximum atomic E-state index is 12.5. The van der Waals surface area contributed by atoms with Crippen molar-refractivity contribution in [3.8, 4) is 17.0 Å².